The van der Waals surface area contributed by atoms with E-state index in [0.717, 1.165) is 24.4 Å². The molecule has 1 aliphatic heterocycles. The van der Waals surface area contributed by atoms with Gasteiger partial charge >= 0.3 is 0 Å². The molecule has 0 saturated heterocycles. The molecule has 1 spiro atoms. The second kappa shape index (κ2) is 7.51. The Morgan fingerprint density at radius 3 is 2.58 bits per heavy atom. The van der Waals surface area contributed by atoms with Crippen molar-refractivity contribution < 1.29 is 4.42 Å². The zero-order chi connectivity index (χ0) is 16.8. The van der Waals surface area contributed by atoms with E-state index in [0.29, 0.717) is 12.4 Å². The van der Waals surface area contributed by atoms with Gasteiger partial charge < -0.3 is 15.1 Å². The zero-order valence-electron chi connectivity index (χ0n) is 14.5. The number of para-hydroxylation sites is 2. The van der Waals surface area contributed by atoms with E-state index in [-0.39, 0.29) is 5.54 Å². The van der Waals surface area contributed by atoms with Crippen LogP contribution < -0.4 is 10.6 Å². The Morgan fingerprint density at radius 2 is 1.88 bits per heavy atom. The number of oxazole rings is 1. The average molecular weight is 326 g/mol. The van der Waals surface area contributed by atoms with Gasteiger partial charge in [0.05, 0.1) is 23.1 Å². The average Bonchev–Trinajstić information content (AvgIpc) is 3.16. The van der Waals surface area contributed by atoms with Gasteiger partial charge in [-0.1, -0.05) is 45.2 Å². The Bertz CT molecular complexity index is 672. The van der Waals surface area contributed by atoms with Crippen LogP contribution in [0.25, 0.3) is 0 Å². The van der Waals surface area contributed by atoms with Gasteiger partial charge in [-0.15, -0.1) is 0 Å². The smallest absolute Gasteiger partial charge is 0.215 e. The van der Waals surface area contributed by atoms with Crippen LogP contribution in [0, 0.1) is 0 Å². The highest BCUT2D eigenvalue weighted by atomic mass is 16.3. The fourth-order valence-electron chi connectivity index (χ4n) is 3.45. The lowest BCUT2D eigenvalue weighted by molar-refractivity contribution is 0.402. The van der Waals surface area contributed by atoms with Gasteiger partial charge in [-0.2, -0.15) is 0 Å². The van der Waals surface area contributed by atoms with E-state index in [2.05, 4.69) is 33.8 Å². The summed E-state index contributed by atoms with van der Waals surface area (Å²) in [5, 5.41) is 7.29. The fourth-order valence-corrected chi connectivity index (χ4v) is 3.45. The molecule has 0 amide bonds. The molecule has 2 heterocycles. The van der Waals surface area contributed by atoms with Crippen molar-refractivity contribution in [3.63, 3.8) is 0 Å². The fraction of sp³-hybridized carbons (Fsp3) is 0.474. The van der Waals surface area contributed by atoms with Crippen molar-refractivity contribution in [3.05, 3.63) is 42.6 Å². The molecule has 0 bridgehead atoms. The number of benzene rings is 1. The monoisotopic (exact) mass is 326 g/mol. The first-order valence-corrected chi connectivity index (χ1v) is 8.93. The van der Waals surface area contributed by atoms with E-state index in [1.54, 1.807) is 12.5 Å². The summed E-state index contributed by atoms with van der Waals surface area (Å²) < 4.78 is 5.30. The molecule has 1 saturated carbocycles. The topological polar surface area (TPSA) is 62.5 Å². The van der Waals surface area contributed by atoms with Crippen molar-refractivity contribution in [2.45, 2.75) is 58.0 Å². The summed E-state index contributed by atoms with van der Waals surface area (Å²) in [4.78, 5) is 8.94. The summed E-state index contributed by atoms with van der Waals surface area (Å²) in [6.45, 7) is 4.47. The predicted molar refractivity (Wildman–Crippen MR) is 98.5 cm³/mol. The van der Waals surface area contributed by atoms with Crippen LogP contribution in [0.4, 0.5) is 11.4 Å². The third-order valence-corrected chi connectivity index (χ3v) is 4.57. The van der Waals surface area contributed by atoms with Crippen LogP contribution in [-0.2, 0) is 6.54 Å². The molecule has 24 heavy (non-hydrogen) atoms. The van der Waals surface area contributed by atoms with Crippen molar-refractivity contribution in [1.29, 1.82) is 0 Å². The van der Waals surface area contributed by atoms with E-state index in [1.807, 2.05) is 19.9 Å². The van der Waals surface area contributed by atoms with Crippen LogP contribution in [0.3, 0.4) is 0 Å². The van der Waals surface area contributed by atoms with Crippen LogP contribution >= 0.6 is 0 Å². The number of hydrogen-bond donors (Lipinski definition) is 2. The number of hydrogen-bond acceptors (Lipinski definition) is 4. The van der Waals surface area contributed by atoms with Crippen LogP contribution in [0.2, 0.25) is 0 Å². The van der Waals surface area contributed by atoms with Crippen molar-refractivity contribution in [3.8, 4) is 0 Å². The van der Waals surface area contributed by atoms with E-state index in [1.165, 1.54) is 24.9 Å². The zero-order valence-corrected chi connectivity index (χ0v) is 14.5. The maximum Gasteiger partial charge on any atom is 0.215 e. The van der Waals surface area contributed by atoms with Gasteiger partial charge in [-0.3, -0.25) is 4.99 Å². The van der Waals surface area contributed by atoms with Gasteiger partial charge in [0.2, 0.25) is 5.89 Å². The Labute approximate surface area is 143 Å². The number of anilines is 2. The largest absolute Gasteiger partial charge is 0.447 e. The maximum atomic E-state index is 5.30. The highest BCUT2D eigenvalue weighted by Crippen LogP contribution is 2.39. The first-order chi connectivity index (χ1) is 11.9. The molecule has 0 unspecified atom stereocenters. The molecule has 4 rings (SSSR count). The number of amidine groups is 1. The molecule has 5 heteroatoms. The van der Waals surface area contributed by atoms with Gasteiger partial charge in [0.1, 0.15) is 18.6 Å². The second-order valence-electron chi connectivity index (χ2n) is 6.03. The van der Waals surface area contributed by atoms with E-state index >= 15 is 0 Å². The molecule has 2 aromatic rings. The Hall–Kier alpha value is -2.30. The van der Waals surface area contributed by atoms with Crippen LogP contribution in [0.5, 0.6) is 0 Å². The van der Waals surface area contributed by atoms with E-state index < -0.39 is 0 Å². The molecular formula is C19H26N4O. The molecule has 1 fully saturated rings. The van der Waals surface area contributed by atoms with Crippen molar-refractivity contribution in [2.24, 2.45) is 4.99 Å². The highest BCUT2D eigenvalue weighted by molar-refractivity contribution is 6.09. The number of aromatic nitrogens is 1. The van der Waals surface area contributed by atoms with E-state index in [4.69, 9.17) is 9.41 Å². The maximum absolute atomic E-state index is 5.30. The quantitative estimate of drug-likeness (QED) is 0.829. The lowest BCUT2D eigenvalue weighted by atomic mass is 9.79. The van der Waals surface area contributed by atoms with Gasteiger partial charge in [0.15, 0.2) is 0 Å². The summed E-state index contributed by atoms with van der Waals surface area (Å²) in [6.07, 6.45) is 9.24. The molecule has 1 aromatic carbocycles. The number of fused-ring (bicyclic) bond motifs is 1. The summed E-state index contributed by atoms with van der Waals surface area (Å²) in [6, 6.07) is 8.32. The highest BCUT2D eigenvalue weighted by Gasteiger charge is 2.40. The summed E-state index contributed by atoms with van der Waals surface area (Å²) >= 11 is 0. The summed E-state index contributed by atoms with van der Waals surface area (Å²) in [7, 11) is 0. The molecule has 1 aromatic heterocycles. The Morgan fingerprint density at radius 1 is 1.12 bits per heavy atom. The molecule has 1 aliphatic carbocycles. The van der Waals surface area contributed by atoms with Crippen molar-refractivity contribution >= 4 is 17.2 Å². The molecule has 5 nitrogen and oxygen atoms in total. The molecular weight excluding hydrogens is 300 g/mol. The SMILES string of the molecule is CC.c1ccc2c(c1)NC(=NCc1ncco1)C1(CCCCC1)N2. The molecule has 0 atom stereocenters. The van der Waals surface area contributed by atoms with E-state index in [9.17, 15) is 0 Å². The first kappa shape index (κ1) is 16.6. The van der Waals surface area contributed by atoms with Gasteiger partial charge in [-0.05, 0) is 25.0 Å². The third-order valence-electron chi connectivity index (χ3n) is 4.57. The van der Waals surface area contributed by atoms with Gasteiger partial charge in [0, 0.05) is 0 Å². The lowest BCUT2D eigenvalue weighted by Gasteiger charge is -2.44. The number of rotatable bonds is 2. The van der Waals surface area contributed by atoms with Gasteiger partial charge in [0.25, 0.3) is 0 Å². The molecule has 2 N–H and O–H groups in total. The van der Waals surface area contributed by atoms with Crippen molar-refractivity contribution in [2.75, 3.05) is 10.6 Å². The third kappa shape index (κ3) is 3.30. The Kier molecular flexibility index (Phi) is 5.18. The van der Waals surface area contributed by atoms with Crippen LogP contribution in [-0.4, -0.2) is 16.4 Å². The lowest BCUT2D eigenvalue weighted by Crippen LogP contribution is -2.53. The normalized spacial score (nSPS) is 19.7. The summed E-state index contributed by atoms with van der Waals surface area (Å²) in [5.41, 5.74) is 2.18. The molecule has 128 valence electrons. The second-order valence-corrected chi connectivity index (χ2v) is 6.03. The molecule has 0 radical (unpaired) electrons. The van der Waals surface area contributed by atoms with Gasteiger partial charge in [-0.25, -0.2) is 4.98 Å². The number of aliphatic imine (C=N–C) groups is 1. The number of nitrogens with one attached hydrogen (secondary N) is 2. The minimum atomic E-state index is -0.0702. The predicted octanol–water partition coefficient (Wildman–Crippen LogP) is 4.84. The van der Waals surface area contributed by atoms with Crippen LogP contribution in [0.15, 0.2) is 46.1 Å². The number of nitrogens with zero attached hydrogens (tertiary/aromatic N) is 2. The first-order valence-electron chi connectivity index (χ1n) is 8.93. The van der Waals surface area contributed by atoms with Crippen molar-refractivity contribution in [1.82, 2.24) is 4.98 Å². The van der Waals surface area contributed by atoms with Crippen LogP contribution in [0.1, 0.15) is 51.8 Å². The minimum absolute atomic E-state index is 0.0702. The summed E-state index contributed by atoms with van der Waals surface area (Å²) in [5.74, 6) is 1.67. The molecule has 2 aliphatic rings. The standard InChI is InChI=1S/C17H20N4O.C2H6/c1-4-8-17(9-5-1)16(19-12-15-18-10-11-22-15)20-13-6-2-3-7-14(13)21-17;1-2/h2-3,6-7,10-11,21H,1,4-5,8-9,12H2,(H,19,20);1-2H3. The Balaban J connectivity index is 0.000000815. The minimum Gasteiger partial charge on any atom is -0.447 e.